The van der Waals surface area contributed by atoms with Crippen molar-refractivity contribution < 1.29 is 13.2 Å². The number of rotatable bonds is 1. The van der Waals surface area contributed by atoms with E-state index in [1.54, 1.807) is 4.90 Å². The number of hydrogen-bond acceptors (Lipinski definition) is 3. The Hall–Kier alpha value is -0.580. The van der Waals surface area contributed by atoms with Crippen LogP contribution in [0.1, 0.15) is 19.8 Å². The molecule has 75 valence electrons. The zero-order valence-corrected chi connectivity index (χ0v) is 8.51. The largest absolute Gasteiger partial charge is 0.343 e. The summed E-state index contributed by atoms with van der Waals surface area (Å²) < 4.78 is 22.1. The molecule has 0 atom stereocenters. The Morgan fingerprint density at radius 2 is 1.85 bits per heavy atom. The second kappa shape index (κ2) is 3.65. The number of nitrogens with zero attached hydrogens (tertiary/aromatic N) is 1. The lowest BCUT2D eigenvalue weighted by molar-refractivity contribution is -0.129. The summed E-state index contributed by atoms with van der Waals surface area (Å²) in [6, 6.07) is 0. The van der Waals surface area contributed by atoms with Crippen LogP contribution in [0.5, 0.6) is 0 Å². The molecule has 0 aromatic rings. The third kappa shape index (κ3) is 2.69. The molecule has 1 aliphatic heterocycles. The molecule has 1 heterocycles. The molecule has 5 heteroatoms. The highest BCUT2D eigenvalue weighted by Gasteiger charge is 2.27. The summed E-state index contributed by atoms with van der Waals surface area (Å²) in [6.45, 7) is 2.57. The average Bonchev–Trinajstić information content (AvgIpc) is 2.03. The van der Waals surface area contributed by atoms with Gasteiger partial charge in [-0.25, -0.2) is 8.42 Å². The molecule has 0 aliphatic carbocycles. The zero-order valence-electron chi connectivity index (χ0n) is 7.69. The van der Waals surface area contributed by atoms with Crippen molar-refractivity contribution in [1.29, 1.82) is 0 Å². The number of carbonyl (C=O) groups excluding carboxylic acids is 1. The van der Waals surface area contributed by atoms with Gasteiger partial charge in [-0.05, 0) is 12.8 Å². The molecule has 13 heavy (non-hydrogen) atoms. The molecular formula is C8H14NO3S. The van der Waals surface area contributed by atoms with E-state index in [0.717, 1.165) is 0 Å². The number of piperidine rings is 1. The fourth-order valence-electron chi connectivity index (χ4n) is 1.53. The normalized spacial score (nSPS) is 20.3. The van der Waals surface area contributed by atoms with E-state index in [1.807, 2.05) is 0 Å². The molecule has 0 aromatic heterocycles. The highest BCUT2D eigenvalue weighted by Crippen LogP contribution is 2.17. The highest BCUT2D eigenvalue weighted by molar-refractivity contribution is 7.93. The molecule has 1 radical (unpaired) electrons. The standard InChI is InChI=1S/C8H14NO3S/c1-7(10)9-5-3-8(4-6-9)13(2,11)12/h8H,2-6H2,1H3. The van der Waals surface area contributed by atoms with Crippen molar-refractivity contribution in [2.75, 3.05) is 13.1 Å². The number of hydrogen-bond donors (Lipinski definition) is 0. The molecule has 1 amide bonds. The summed E-state index contributed by atoms with van der Waals surface area (Å²) in [4.78, 5) is 12.6. The van der Waals surface area contributed by atoms with Crippen LogP contribution in [-0.2, 0) is 14.6 Å². The molecule has 1 fully saturated rings. The summed E-state index contributed by atoms with van der Waals surface area (Å²) in [5, 5.41) is -0.358. The van der Waals surface area contributed by atoms with Crippen LogP contribution in [0.15, 0.2) is 0 Å². The van der Waals surface area contributed by atoms with E-state index in [-0.39, 0.29) is 11.2 Å². The van der Waals surface area contributed by atoms with Crippen molar-refractivity contribution in [3.05, 3.63) is 6.26 Å². The van der Waals surface area contributed by atoms with E-state index < -0.39 is 9.84 Å². The van der Waals surface area contributed by atoms with Gasteiger partial charge >= 0.3 is 0 Å². The number of likely N-dealkylation sites (tertiary alicyclic amines) is 1. The topological polar surface area (TPSA) is 54.5 Å². The van der Waals surface area contributed by atoms with Gasteiger partial charge in [0.25, 0.3) is 0 Å². The first kappa shape index (κ1) is 10.5. The van der Waals surface area contributed by atoms with Gasteiger partial charge in [0.2, 0.25) is 5.91 Å². The minimum atomic E-state index is -3.16. The van der Waals surface area contributed by atoms with Gasteiger partial charge in [0, 0.05) is 20.0 Å². The minimum Gasteiger partial charge on any atom is -0.343 e. The molecule has 1 aliphatic rings. The second-order valence-corrected chi connectivity index (χ2v) is 5.36. The van der Waals surface area contributed by atoms with Crippen molar-refractivity contribution in [1.82, 2.24) is 4.90 Å². The predicted octanol–water partition coefficient (Wildman–Crippen LogP) is 0.204. The fourth-order valence-corrected chi connectivity index (χ4v) is 2.46. The summed E-state index contributed by atoms with van der Waals surface area (Å²) in [7, 11) is -3.16. The SMILES string of the molecule is [CH2]S(=O)(=O)C1CCN(C(C)=O)CC1. The van der Waals surface area contributed by atoms with Crippen LogP contribution in [-0.4, -0.2) is 37.6 Å². The predicted molar refractivity (Wildman–Crippen MR) is 49.6 cm³/mol. The Morgan fingerprint density at radius 1 is 1.38 bits per heavy atom. The zero-order chi connectivity index (χ0) is 10.1. The molecule has 1 saturated heterocycles. The number of amides is 1. The second-order valence-electron chi connectivity index (χ2n) is 3.37. The maximum Gasteiger partial charge on any atom is 0.219 e. The third-order valence-electron chi connectivity index (χ3n) is 2.40. The summed E-state index contributed by atoms with van der Waals surface area (Å²) in [6.07, 6.45) is 4.17. The molecule has 0 bridgehead atoms. The van der Waals surface area contributed by atoms with Crippen molar-refractivity contribution in [3.63, 3.8) is 0 Å². The average molecular weight is 204 g/mol. The Balaban J connectivity index is 2.53. The van der Waals surface area contributed by atoms with E-state index in [9.17, 15) is 13.2 Å². The van der Waals surface area contributed by atoms with Crippen LogP contribution in [0.3, 0.4) is 0 Å². The Labute approximate surface area is 78.8 Å². The van der Waals surface area contributed by atoms with Crippen molar-refractivity contribution in [3.8, 4) is 0 Å². The first-order valence-corrected chi connectivity index (χ1v) is 5.95. The van der Waals surface area contributed by atoms with E-state index in [1.165, 1.54) is 6.92 Å². The summed E-state index contributed by atoms with van der Waals surface area (Å²) in [5.74, 6) is 0.0138. The maximum absolute atomic E-state index is 11.0. The molecule has 0 N–H and O–H groups in total. The molecule has 0 unspecified atom stereocenters. The fraction of sp³-hybridized carbons (Fsp3) is 0.750. The van der Waals surface area contributed by atoms with Crippen LogP contribution >= 0.6 is 0 Å². The maximum atomic E-state index is 11.0. The Morgan fingerprint density at radius 3 is 2.15 bits per heavy atom. The van der Waals surface area contributed by atoms with E-state index in [4.69, 9.17) is 0 Å². The van der Waals surface area contributed by atoms with Gasteiger partial charge < -0.3 is 4.90 Å². The third-order valence-corrected chi connectivity index (χ3v) is 3.88. The molecule has 1 rings (SSSR count). The highest BCUT2D eigenvalue weighted by atomic mass is 32.2. The number of carbonyl (C=O) groups is 1. The van der Waals surface area contributed by atoms with Gasteiger partial charge in [0.05, 0.1) is 11.5 Å². The first-order valence-electron chi connectivity index (χ1n) is 4.23. The monoisotopic (exact) mass is 204 g/mol. The Kier molecular flexibility index (Phi) is 2.95. The van der Waals surface area contributed by atoms with Crippen molar-refractivity contribution in [2.45, 2.75) is 25.0 Å². The van der Waals surface area contributed by atoms with Gasteiger partial charge in [-0.1, -0.05) is 0 Å². The first-order chi connectivity index (χ1) is 5.91. The molecular weight excluding hydrogens is 190 g/mol. The van der Waals surface area contributed by atoms with Gasteiger partial charge in [0.1, 0.15) is 0 Å². The van der Waals surface area contributed by atoms with Gasteiger partial charge in [0.15, 0.2) is 9.84 Å². The van der Waals surface area contributed by atoms with Crippen LogP contribution in [0, 0.1) is 6.26 Å². The molecule has 0 spiro atoms. The lowest BCUT2D eigenvalue weighted by Crippen LogP contribution is -2.40. The van der Waals surface area contributed by atoms with Crippen LogP contribution in [0.4, 0.5) is 0 Å². The van der Waals surface area contributed by atoms with Gasteiger partial charge in [-0.15, -0.1) is 0 Å². The van der Waals surface area contributed by atoms with Gasteiger partial charge in [-0.2, -0.15) is 0 Å². The summed E-state index contributed by atoms with van der Waals surface area (Å²) >= 11 is 0. The van der Waals surface area contributed by atoms with Crippen molar-refractivity contribution >= 4 is 15.7 Å². The smallest absolute Gasteiger partial charge is 0.219 e. The van der Waals surface area contributed by atoms with Crippen LogP contribution in [0.25, 0.3) is 0 Å². The van der Waals surface area contributed by atoms with E-state index in [0.29, 0.717) is 25.9 Å². The lowest BCUT2D eigenvalue weighted by Gasteiger charge is -2.30. The van der Waals surface area contributed by atoms with Gasteiger partial charge in [-0.3, -0.25) is 4.79 Å². The summed E-state index contributed by atoms with van der Waals surface area (Å²) in [5.41, 5.74) is 0. The van der Waals surface area contributed by atoms with Crippen LogP contribution in [0.2, 0.25) is 0 Å². The van der Waals surface area contributed by atoms with Crippen molar-refractivity contribution in [2.24, 2.45) is 0 Å². The quantitative estimate of drug-likeness (QED) is 0.613. The molecule has 0 aromatic carbocycles. The van der Waals surface area contributed by atoms with E-state index in [2.05, 4.69) is 6.26 Å². The minimum absolute atomic E-state index is 0.0138. The van der Waals surface area contributed by atoms with E-state index >= 15 is 0 Å². The lowest BCUT2D eigenvalue weighted by atomic mass is 10.1. The molecule has 0 saturated carbocycles. The number of sulfone groups is 1. The van der Waals surface area contributed by atoms with Crippen LogP contribution < -0.4 is 0 Å². The molecule has 4 nitrogen and oxygen atoms in total. The Bertz CT molecular complexity index is 289.